The molecule has 2 aromatic rings. The molecule has 1 heterocycles. The Morgan fingerprint density at radius 2 is 1.94 bits per heavy atom. The van der Waals surface area contributed by atoms with Crippen molar-refractivity contribution in [3.8, 4) is 17.0 Å². The molecule has 0 fully saturated rings. The molecule has 0 radical (unpaired) electrons. The molecule has 0 aliphatic rings. The Kier molecular flexibility index (Phi) is 2.87. The van der Waals surface area contributed by atoms with Crippen LogP contribution in [0.1, 0.15) is 5.56 Å². The number of ether oxygens (including phenoxy) is 1. The van der Waals surface area contributed by atoms with Crippen molar-refractivity contribution in [1.82, 2.24) is 4.98 Å². The zero-order valence-electron chi connectivity index (χ0n) is 9.90. The summed E-state index contributed by atoms with van der Waals surface area (Å²) in [4.78, 5) is 4.17. The van der Waals surface area contributed by atoms with Gasteiger partial charge in [0.15, 0.2) is 0 Å². The van der Waals surface area contributed by atoms with Gasteiger partial charge in [0.2, 0.25) is 5.88 Å². The lowest BCUT2D eigenvalue weighted by Crippen LogP contribution is -2.00. The molecule has 4 heteroatoms. The third-order valence-corrected chi connectivity index (χ3v) is 2.72. The summed E-state index contributed by atoms with van der Waals surface area (Å²) in [5.41, 5.74) is 15.8. The summed E-state index contributed by atoms with van der Waals surface area (Å²) >= 11 is 0. The van der Waals surface area contributed by atoms with Crippen molar-refractivity contribution in [2.24, 2.45) is 0 Å². The van der Waals surface area contributed by atoms with E-state index >= 15 is 0 Å². The average Bonchev–Trinajstić information content (AvgIpc) is 2.35. The van der Waals surface area contributed by atoms with E-state index in [9.17, 15) is 0 Å². The van der Waals surface area contributed by atoms with Gasteiger partial charge in [0, 0.05) is 17.3 Å². The number of nitrogens with zero attached hydrogens (tertiary/aromatic N) is 1. The Hall–Kier alpha value is -2.23. The third kappa shape index (κ3) is 1.89. The van der Waals surface area contributed by atoms with Gasteiger partial charge in [-0.15, -0.1) is 0 Å². The lowest BCUT2D eigenvalue weighted by Gasteiger charge is -2.13. The molecule has 0 spiro atoms. The van der Waals surface area contributed by atoms with Crippen molar-refractivity contribution in [1.29, 1.82) is 0 Å². The van der Waals surface area contributed by atoms with E-state index in [1.807, 2.05) is 25.1 Å². The minimum atomic E-state index is 0.549. The molecule has 0 aliphatic carbocycles. The molecular weight excluding hydrogens is 214 g/mol. The van der Waals surface area contributed by atoms with Crippen LogP contribution in [0.2, 0.25) is 0 Å². The summed E-state index contributed by atoms with van der Waals surface area (Å²) in [6.45, 7) is 1.98. The Balaban J connectivity index is 2.72. The Bertz CT molecular complexity index is 552. The highest BCUT2D eigenvalue weighted by molar-refractivity contribution is 5.88. The normalized spacial score (nSPS) is 10.2. The Labute approximate surface area is 100 Å². The lowest BCUT2D eigenvalue weighted by atomic mass is 9.98. The van der Waals surface area contributed by atoms with E-state index in [0.29, 0.717) is 17.3 Å². The summed E-state index contributed by atoms with van der Waals surface area (Å²) in [5, 5.41) is 0. The van der Waals surface area contributed by atoms with Crippen LogP contribution < -0.4 is 16.2 Å². The van der Waals surface area contributed by atoms with Gasteiger partial charge in [-0.25, -0.2) is 4.98 Å². The van der Waals surface area contributed by atoms with E-state index in [2.05, 4.69) is 4.98 Å². The Morgan fingerprint density at radius 1 is 1.18 bits per heavy atom. The zero-order valence-corrected chi connectivity index (χ0v) is 9.90. The lowest BCUT2D eigenvalue weighted by molar-refractivity contribution is 0.399. The van der Waals surface area contributed by atoms with Crippen LogP contribution in [0.5, 0.6) is 5.88 Å². The number of nitrogens with two attached hydrogens (primary N) is 2. The minimum Gasteiger partial charge on any atom is -0.481 e. The van der Waals surface area contributed by atoms with Gasteiger partial charge in [-0.3, -0.25) is 0 Å². The maximum absolute atomic E-state index is 6.03. The first-order chi connectivity index (χ1) is 8.15. The van der Waals surface area contributed by atoms with Gasteiger partial charge in [-0.2, -0.15) is 0 Å². The van der Waals surface area contributed by atoms with E-state index in [1.54, 1.807) is 19.4 Å². The van der Waals surface area contributed by atoms with E-state index in [0.717, 1.165) is 16.7 Å². The number of aromatic nitrogens is 1. The summed E-state index contributed by atoms with van der Waals surface area (Å²) in [7, 11) is 1.59. The van der Waals surface area contributed by atoms with Crippen molar-refractivity contribution in [3.05, 3.63) is 36.0 Å². The van der Waals surface area contributed by atoms with Crippen molar-refractivity contribution in [2.45, 2.75) is 6.92 Å². The molecule has 0 aliphatic heterocycles. The number of benzene rings is 1. The van der Waals surface area contributed by atoms with Gasteiger partial charge in [0.1, 0.15) is 0 Å². The highest BCUT2D eigenvalue weighted by Crippen LogP contribution is 2.37. The molecule has 4 nitrogen and oxygen atoms in total. The van der Waals surface area contributed by atoms with Crippen LogP contribution in [0.15, 0.2) is 30.5 Å². The standard InChI is InChI=1S/C13H15N3O/c1-8-5-6-10(14)12(15)11(8)9-4-3-7-16-13(9)17-2/h3-7H,14-15H2,1-2H3. The highest BCUT2D eigenvalue weighted by Gasteiger charge is 2.13. The van der Waals surface area contributed by atoms with Gasteiger partial charge in [-0.05, 0) is 30.7 Å². The molecule has 0 amide bonds. The number of rotatable bonds is 2. The first-order valence-electron chi connectivity index (χ1n) is 5.29. The van der Waals surface area contributed by atoms with Crippen LogP contribution in [-0.2, 0) is 0 Å². The predicted octanol–water partition coefficient (Wildman–Crippen LogP) is 2.23. The highest BCUT2D eigenvalue weighted by atomic mass is 16.5. The second-order valence-corrected chi connectivity index (χ2v) is 3.82. The Morgan fingerprint density at radius 3 is 2.65 bits per heavy atom. The largest absolute Gasteiger partial charge is 0.481 e. The summed E-state index contributed by atoms with van der Waals surface area (Å²) in [6, 6.07) is 7.51. The fourth-order valence-corrected chi connectivity index (χ4v) is 1.85. The monoisotopic (exact) mass is 229 g/mol. The van der Waals surface area contributed by atoms with Crippen LogP contribution in [-0.4, -0.2) is 12.1 Å². The summed E-state index contributed by atoms with van der Waals surface area (Å²) in [5.74, 6) is 0.549. The van der Waals surface area contributed by atoms with Crippen LogP contribution in [0.3, 0.4) is 0 Å². The number of hydrogen-bond donors (Lipinski definition) is 2. The number of nitrogen functional groups attached to an aromatic ring is 2. The quantitative estimate of drug-likeness (QED) is 0.774. The van der Waals surface area contributed by atoms with Gasteiger partial charge in [-0.1, -0.05) is 6.07 Å². The van der Waals surface area contributed by atoms with Gasteiger partial charge in [0.05, 0.1) is 18.5 Å². The molecule has 17 heavy (non-hydrogen) atoms. The van der Waals surface area contributed by atoms with E-state index in [4.69, 9.17) is 16.2 Å². The fraction of sp³-hybridized carbons (Fsp3) is 0.154. The molecule has 1 aromatic heterocycles. The van der Waals surface area contributed by atoms with Crippen molar-refractivity contribution in [2.75, 3.05) is 18.6 Å². The van der Waals surface area contributed by atoms with E-state index < -0.39 is 0 Å². The first-order valence-corrected chi connectivity index (χ1v) is 5.29. The molecule has 0 unspecified atom stereocenters. The second kappa shape index (κ2) is 4.33. The topological polar surface area (TPSA) is 74.2 Å². The molecule has 4 N–H and O–H groups in total. The number of anilines is 2. The van der Waals surface area contributed by atoms with Crippen LogP contribution in [0.4, 0.5) is 11.4 Å². The maximum Gasteiger partial charge on any atom is 0.221 e. The summed E-state index contributed by atoms with van der Waals surface area (Å²) in [6.07, 6.45) is 1.68. The number of pyridine rings is 1. The zero-order chi connectivity index (χ0) is 12.4. The first kappa shape index (κ1) is 11.3. The molecule has 0 saturated heterocycles. The molecule has 0 atom stereocenters. The van der Waals surface area contributed by atoms with Gasteiger partial charge in [0.25, 0.3) is 0 Å². The SMILES string of the molecule is COc1ncccc1-c1c(C)ccc(N)c1N. The maximum atomic E-state index is 6.03. The molecule has 0 saturated carbocycles. The smallest absolute Gasteiger partial charge is 0.221 e. The van der Waals surface area contributed by atoms with Gasteiger partial charge < -0.3 is 16.2 Å². The second-order valence-electron chi connectivity index (χ2n) is 3.82. The predicted molar refractivity (Wildman–Crippen MR) is 69.8 cm³/mol. The molecule has 88 valence electrons. The van der Waals surface area contributed by atoms with Crippen molar-refractivity contribution < 1.29 is 4.74 Å². The minimum absolute atomic E-state index is 0.549. The van der Waals surface area contributed by atoms with Gasteiger partial charge >= 0.3 is 0 Å². The molecule has 2 rings (SSSR count). The van der Waals surface area contributed by atoms with Crippen LogP contribution >= 0.6 is 0 Å². The average molecular weight is 229 g/mol. The van der Waals surface area contributed by atoms with Crippen molar-refractivity contribution in [3.63, 3.8) is 0 Å². The van der Waals surface area contributed by atoms with Crippen LogP contribution in [0, 0.1) is 6.92 Å². The van der Waals surface area contributed by atoms with Crippen LogP contribution in [0.25, 0.3) is 11.1 Å². The number of methoxy groups -OCH3 is 1. The van der Waals surface area contributed by atoms with E-state index in [-0.39, 0.29) is 0 Å². The number of hydrogen-bond acceptors (Lipinski definition) is 4. The summed E-state index contributed by atoms with van der Waals surface area (Å²) < 4.78 is 5.24. The molecule has 1 aromatic carbocycles. The van der Waals surface area contributed by atoms with Crippen molar-refractivity contribution >= 4 is 11.4 Å². The van der Waals surface area contributed by atoms with E-state index in [1.165, 1.54) is 0 Å². The number of aryl methyl sites for hydroxylation is 1. The fourth-order valence-electron chi connectivity index (χ4n) is 1.85. The molecular formula is C13H15N3O. The molecule has 0 bridgehead atoms. The third-order valence-electron chi connectivity index (χ3n) is 2.72.